The molecule has 9 N–H and O–H groups in total. The number of hydrogen-bond donors (Lipinski definition) is 9. The van der Waals surface area contributed by atoms with E-state index < -0.39 is 86.3 Å². The van der Waals surface area contributed by atoms with Gasteiger partial charge in [-0.05, 0) is 48.5 Å². The number of carboxylic acids is 7. The molecular formula is C46H55N11O16. The molecule has 0 unspecified atom stereocenters. The zero-order valence-corrected chi connectivity index (χ0v) is 39.3. The van der Waals surface area contributed by atoms with Crippen LogP contribution in [0.3, 0.4) is 0 Å². The van der Waals surface area contributed by atoms with E-state index in [4.69, 9.17) is 0 Å². The highest BCUT2D eigenvalue weighted by atomic mass is 16.4. The Morgan fingerprint density at radius 1 is 0.342 bits per heavy atom. The van der Waals surface area contributed by atoms with Crippen LogP contribution >= 0.6 is 0 Å². The van der Waals surface area contributed by atoms with Crippen molar-refractivity contribution in [1.29, 1.82) is 0 Å². The van der Waals surface area contributed by atoms with E-state index in [0.717, 1.165) is 0 Å². The van der Waals surface area contributed by atoms with Crippen LogP contribution in [-0.4, -0.2) is 219 Å². The molecule has 0 aliphatic heterocycles. The highest BCUT2D eigenvalue weighted by Crippen LogP contribution is 2.12. The number of carbonyl (C=O) groups is 9. The maximum atomic E-state index is 13.2. The first-order chi connectivity index (χ1) is 34.7. The minimum Gasteiger partial charge on any atom is -0.480 e. The van der Waals surface area contributed by atoms with Gasteiger partial charge in [-0.25, -0.2) is 39.1 Å². The fourth-order valence-corrected chi connectivity index (χ4v) is 7.15. The van der Waals surface area contributed by atoms with Crippen molar-refractivity contribution in [2.45, 2.75) is 26.2 Å². The second-order valence-corrected chi connectivity index (χ2v) is 16.3. The van der Waals surface area contributed by atoms with Gasteiger partial charge in [0.1, 0.15) is 22.8 Å². The second-order valence-electron chi connectivity index (χ2n) is 16.3. The Morgan fingerprint density at radius 3 is 0.863 bits per heavy atom. The highest BCUT2D eigenvalue weighted by molar-refractivity contribution is 5.86. The number of pyridine rings is 4. The van der Waals surface area contributed by atoms with Crippen LogP contribution in [0.5, 0.6) is 0 Å². The van der Waals surface area contributed by atoms with Gasteiger partial charge < -0.3 is 46.4 Å². The zero-order chi connectivity index (χ0) is 53.5. The summed E-state index contributed by atoms with van der Waals surface area (Å²) in [6.45, 7) is -2.55. The number of nitrogens with one attached hydrogen (secondary N) is 2. The Balaban J connectivity index is 1.35. The molecule has 0 aliphatic carbocycles. The summed E-state index contributed by atoms with van der Waals surface area (Å²) >= 11 is 0. The van der Waals surface area contributed by atoms with Crippen molar-refractivity contribution in [1.82, 2.24) is 55.1 Å². The number of aliphatic carboxylic acids is 3. The standard InChI is InChI=1S/C46H55N11O16/c58-38(47-13-15-54(21-30-5-1-9-34(49-30)43(66)67)22-31-6-2-10-35(50-31)44(68)69)25-56(28-41(62)63)19-17-53(27-40(60)61)18-20-57(29-42(64)65)26-39(59)48-14-16-55(23-32-7-3-11-36(51-32)45(70)71)24-33-8-4-12-37(52-33)46(72)73/h1-12H,13-29H2,(H,47,58)(H,48,59)(H,60,61)(H,62,63)(H,64,65)(H,66,67)(H,68,69)(H,70,71)(H,72,73). The van der Waals surface area contributed by atoms with Crippen molar-refractivity contribution in [2.75, 3.05) is 85.1 Å². The van der Waals surface area contributed by atoms with Gasteiger partial charge in [-0.3, -0.25) is 48.5 Å². The van der Waals surface area contributed by atoms with Crippen LogP contribution in [0.25, 0.3) is 0 Å². The second kappa shape index (κ2) is 29.1. The number of aromatic nitrogens is 4. The zero-order valence-electron chi connectivity index (χ0n) is 39.3. The molecule has 0 saturated heterocycles. The minimum atomic E-state index is -1.29. The van der Waals surface area contributed by atoms with E-state index in [1.165, 1.54) is 63.2 Å². The molecule has 0 aromatic carbocycles. The maximum Gasteiger partial charge on any atom is 0.354 e. The lowest BCUT2D eigenvalue weighted by Crippen LogP contribution is -2.48. The average molecular weight is 1020 g/mol. The minimum absolute atomic E-state index is 0.00553. The van der Waals surface area contributed by atoms with Gasteiger partial charge in [0.25, 0.3) is 0 Å². The summed E-state index contributed by atoms with van der Waals surface area (Å²) in [5.74, 6) is -10.0. The molecule has 0 saturated carbocycles. The third-order valence-corrected chi connectivity index (χ3v) is 10.4. The van der Waals surface area contributed by atoms with E-state index >= 15 is 0 Å². The first-order valence-electron chi connectivity index (χ1n) is 22.3. The largest absolute Gasteiger partial charge is 0.480 e. The van der Waals surface area contributed by atoms with Gasteiger partial charge in [0.2, 0.25) is 11.8 Å². The van der Waals surface area contributed by atoms with Crippen LogP contribution in [0.15, 0.2) is 72.8 Å². The Bertz CT molecular complexity index is 2320. The average Bonchev–Trinajstić information content (AvgIpc) is 3.32. The summed E-state index contributed by atoms with van der Waals surface area (Å²) in [5.41, 5.74) is 0.655. The molecule has 0 bridgehead atoms. The van der Waals surface area contributed by atoms with Gasteiger partial charge in [0.05, 0.1) is 55.5 Å². The third-order valence-electron chi connectivity index (χ3n) is 10.4. The number of carboxylic acid groups (broad SMARTS) is 7. The van der Waals surface area contributed by atoms with Crippen LogP contribution in [0.4, 0.5) is 0 Å². The molecule has 27 heteroatoms. The first kappa shape index (κ1) is 57.2. The molecule has 0 radical (unpaired) electrons. The third kappa shape index (κ3) is 21.7. The van der Waals surface area contributed by atoms with E-state index in [-0.39, 0.29) is 101 Å². The Hall–Kier alpha value is -8.37. The van der Waals surface area contributed by atoms with E-state index in [2.05, 4.69) is 30.6 Å². The molecule has 0 atom stereocenters. The van der Waals surface area contributed by atoms with E-state index in [1.54, 1.807) is 34.1 Å². The van der Waals surface area contributed by atoms with Crippen molar-refractivity contribution < 1.29 is 78.9 Å². The molecule has 2 amide bonds. The van der Waals surface area contributed by atoms with Gasteiger partial charge >= 0.3 is 41.8 Å². The molecule has 0 spiro atoms. The molecule has 390 valence electrons. The van der Waals surface area contributed by atoms with E-state index in [1.807, 2.05) is 0 Å². The van der Waals surface area contributed by atoms with Gasteiger partial charge in [-0.2, -0.15) is 0 Å². The van der Waals surface area contributed by atoms with Crippen molar-refractivity contribution in [3.63, 3.8) is 0 Å². The molecule has 4 heterocycles. The van der Waals surface area contributed by atoms with Crippen molar-refractivity contribution in [3.8, 4) is 0 Å². The van der Waals surface area contributed by atoms with Crippen LogP contribution in [0.2, 0.25) is 0 Å². The van der Waals surface area contributed by atoms with Crippen molar-refractivity contribution in [2.24, 2.45) is 0 Å². The summed E-state index contributed by atoms with van der Waals surface area (Å²) in [6.07, 6.45) is 0. The molecule has 0 aliphatic rings. The topological polar surface area (TPSA) is 387 Å². The Labute approximate surface area is 416 Å². The van der Waals surface area contributed by atoms with Crippen LogP contribution in [-0.2, 0) is 50.2 Å². The number of amides is 2. The van der Waals surface area contributed by atoms with Crippen LogP contribution < -0.4 is 10.6 Å². The number of nitrogens with zero attached hydrogens (tertiary/aromatic N) is 9. The van der Waals surface area contributed by atoms with E-state index in [0.29, 0.717) is 22.8 Å². The Morgan fingerprint density at radius 2 is 0.603 bits per heavy atom. The summed E-state index contributed by atoms with van der Waals surface area (Å²) in [4.78, 5) is 132. The molecule has 0 fully saturated rings. The summed E-state index contributed by atoms with van der Waals surface area (Å²) < 4.78 is 0. The summed E-state index contributed by atoms with van der Waals surface area (Å²) in [5, 5.41) is 72.0. The number of hydrogen-bond acceptors (Lipinski definition) is 18. The number of aromatic carboxylic acids is 4. The van der Waals surface area contributed by atoms with Gasteiger partial charge in [0, 0.05) is 78.5 Å². The monoisotopic (exact) mass is 1020 g/mol. The summed E-state index contributed by atoms with van der Waals surface area (Å²) in [6, 6.07) is 17.7. The lowest BCUT2D eigenvalue weighted by atomic mass is 10.2. The maximum absolute atomic E-state index is 13.2. The molecule has 4 aromatic rings. The molecule has 4 aromatic heterocycles. The predicted octanol–water partition coefficient (Wildman–Crippen LogP) is -0.844. The highest BCUT2D eigenvalue weighted by Gasteiger charge is 2.22. The fraction of sp³-hybridized carbons (Fsp3) is 0.370. The normalized spacial score (nSPS) is 11.2. The molecular weight excluding hydrogens is 963 g/mol. The quantitative estimate of drug-likeness (QED) is 0.0275. The van der Waals surface area contributed by atoms with Gasteiger partial charge in [-0.1, -0.05) is 24.3 Å². The van der Waals surface area contributed by atoms with Crippen molar-refractivity contribution in [3.05, 3.63) is 118 Å². The predicted molar refractivity (Wildman–Crippen MR) is 251 cm³/mol. The smallest absolute Gasteiger partial charge is 0.354 e. The van der Waals surface area contributed by atoms with Crippen LogP contribution in [0, 0.1) is 0 Å². The van der Waals surface area contributed by atoms with Gasteiger partial charge in [-0.15, -0.1) is 0 Å². The number of carbonyl (C=O) groups excluding carboxylic acids is 2. The molecule has 73 heavy (non-hydrogen) atoms. The van der Waals surface area contributed by atoms with Crippen molar-refractivity contribution >= 4 is 53.6 Å². The molecule has 27 nitrogen and oxygen atoms in total. The first-order valence-corrected chi connectivity index (χ1v) is 22.3. The number of rotatable bonds is 34. The fourth-order valence-electron chi connectivity index (χ4n) is 7.15. The SMILES string of the molecule is O=C(O)CN(CCN(CC(=O)O)CC(=O)NCCN(Cc1cccc(C(=O)O)n1)Cc1cccc(C(=O)O)n1)CCN(CC(=O)O)CC(=O)NCCN(Cc1cccc(C(=O)O)n1)Cc1cccc(C(=O)O)n1. The Kier molecular flexibility index (Phi) is 22.8. The molecule has 4 rings (SSSR count). The van der Waals surface area contributed by atoms with Crippen LogP contribution in [0.1, 0.15) is 64.7 Å². The van der Waals surface area contributed by atoms with Gasteiger partial charge in [0.15, 0.2) is 0 Å². The lowest BCUT2D eigenvalue weighted by Gasteiger charge is -2.28. The van der Waals surface area contributed by atoms with E-state index in [9.17, 15) is 78.9 Å². The summed E-state index contributed by atoms with van der Waals surface area (Å²) in [7, 11) is 0. The lowest BCUT2D eigenvalue weighted by molar-refractivity contribution is -0.141.